The average Bonchev–Trinajstić information content (AvgIpc) is 2.36. The zero-order valence-electron chi connectivity index (χ0n) is 10.5. The van der Waals surface area contributed by atoms with Gasteiger partial charge in [0.25, 0.3) is 0 Å². The highest BCUT2D eigenvalue weighted by Crippen LogP contribution is 2.16. The van der Waals surface area contributed by atoms with Gasteiger partial charge in [0, 0.05) is 12.5 Å². The number of benzene rings is 1. The van der Waals surface area contributed by atoms with E-state index in [2.05, 4.69) is 48.4 Å². The molecule has 0 aliphatic carbocycles. The molecule has 1 aromatic rings. The molecular weight excluding hydrogens is 210 g/mol. The van der Waals surface area contributed by atoms with E-state index in [0.29, 0.717) is 0 Å². The van der Waals surface area contributed by atoms with Crippen molar-refractivity contribution in [2.75, 3.05) is 26.7 Å². The van der Waals surface area contributed by atoms with Crippen LogP contribution >= 0.6 is 0 Å². The summed E-state index contributed by atoms with van der Waals surface area (Å²) in [6.07, 6.45) is 6.62. The summed E-state index contributed by atoms with van der Waals surface area (Å²) in [5.41, 5.74) is 2.71. The number of aliphatic hydroxyl groups is 1. The Bertz CT molecular complexity index is 386. The van der Waals surface area contributed by atoms with Crippen molar-refractivity contribution in [1.82, 2.24) is 4.90 Å². The SMILES string of the molecule is CN1CCCc2ccccc2/C=C/C(CO)C1. The van der Waals surface area contributed by atoms with E-state index in [9.17, 15) is 5.11 Å². The molecule has 2 rings (SSSR count). The maximum absolute atomic E-state index is 9.36. The molecule has 0 bridgehead atoms. The van der Waals surface area contributed by atoms with Crippen LogP contribution in [-0.2, 0) is 6.42 Å². The van der Waals surface area contributed by atoms with Crippen molar-refractivity contribution in [3.05, 3.63) is 41.5 Å². The van der Waals surface area contributed by atoms with Gasteiger partial charge in [0.05, 0.1) is 6.61 Å². The quantitative estimate of drug-likeness (QED) is 0.801. The largest absolute Gasteiger partial charge is 0.396 e. The monoisotopic (exact) mass is 231 g/mol. The average molecular weight is 231 g/mol. The predicted octanol–water partition coefficient (Wildman–Crippen LogP) is 2.19. The van der Waals surface area contributed by atoms with Gasteiger partial charge in [-0.25, -0.2) is 0 Å². The van der Waals surface area contributed by atoms with E-state index in [0.717, 1.165) is 19.5 Å². The molecule has 1 heterocycles. The summed E-state index contributed by atoms with van der Waals surface area (Å²) in [5, 5.41) is 9.36. The molecule has 1 aliphatic heterocycles. The van der Waals surface area contributed by atoms with Crippen molar-refractivity contribution in [2.24, 2.45) is 5.92 Å². The molecule has 0 aromatic heterocycles. The zero-order chi connectivity index (χ0) is 12.1. The molecule has 1 atom stereocenters. The summed E-state index contributed by atoms with van der Waals surface area (Å²) in [6, 6.07) is 8.54. The van der Waals surface area contributed by atoms with Crippen molar-refractivity contribution < 1.29 is 5.11 Å². The highest BCUT2D eigenvalue weighted by molar-refractivity contribution is 5.54. The topological polar surface area (TPSA) is 23.5 Å². The van der Waals surface area contributed by atoms with Crippen molar-refractivity contribution in [1.29, 1.82) is 0 Å². The van der Waals surface area contributed by atoms with Crippen LogP contribution in [0.5, 0.6) is 0 Å². The maximum Gasteiger partial charge on any atom is 0.0506 e. The molecule has 1 aromatic carbocycles. The molecule has 92 valence electrons. The fourth-order valence-corrected chi connectivity index (χ4v) is 2.37. The summed E-state index contributed by atoms with van der Waals surface area (Å²) < 4.78 is 0. The number of fused-ring (bicyclic) bond motifs is 1. The van der Waals surface area contributed by atoms with E-state index in [-0.39, 0.29) is 12.5 Å². The van der Waals surface area contributed by atoms with Crippen molar-refractivity contribution in [3.63, 3.8) is 0 Å². The van der Waals surface area contributed by atoms with Gasteiger partial charge in [-0.3, -0.25) is 0 Å². The summed E-state index contributed by atoms with van der Waals surface area (Å²) in [5.74, 6) is 0.242. The highest BCUT2D eigenvalue weighted by Gasteiger charge is 2.10. The fraction of sp³-hybridized carbons (Fsp3) is 0.467. The van der Waals surface area contributed by atoms with Crippen molar-refractivity contribution in [2.45, 2.75) is 12.8 Å². The number of nitrogens with zero attached hydrogens (tertiary/aromatic N) is 1. The normalized spacial score (nSPS) is 24.0. The number of hydrogen-bond acceptors (Lipinski definition) is 2. The van der Waals surface area contributed by atoms with E-state index >= 15 is 0 Å². The Morgan fingerprint density at radius 1 is 1.35 bits per heavy atom. The Labute approximate surface area is 104 Å². The van der Waals surface area contributed by atoms with Crippen molar-refractivity contribution >= 4 is 6.08 Å². The molecule has 2 nitrogen and oxygen atoms in total. The lowest BCUT2D eigenvalue weighted by molar-refractivity contribution is 0.206. The molecule has 1 N–H and O–H groups in total. The number of hydrogen-bond donors (Lipinski definition) is 1. The molecule has 1 aliphatic rings. The third-order valence-corrected chi connectivity index (χ3v) is 3.37. The van der Waals surface area contributed by atoms with Gasteiger partial charge in [-0.2, -0.15) is 0 Å². The molecule has 17 heavy (non-hydrogen) atoms. The number of aryl methyl sites for hydroxylation is 1. The molecule has 0 spiro atoms. The minimum atomic E-state index is 0.225. The predicted molar refractivity (Wildman–Crippen MR) is 71.9 cm³/mol. The van der Waals surface area contributed by atoms with E-state index < -0.39 is 0 Å². The third-order valence-electron chi connectivity index (χ3n) is 3.37. The number of aliphatic hydroxyl groups excluding tert-OH is 1. The van der Waals surface area contributed by atoms with E-state index in [4.69, 9.17) is 0 Å². The summed E-state index contributed by atoms with van der Waals surface area (Å²) in [4.78, 5) is 2.30. The Balaban J connectivity index is 2.23. The molecule has 0 radical (unpaired) electrons. The second-order valence-electron chi connectivity index (χ2n) is 4.87. The third kappa shape index (κ3) is 3.42. The van der Waals surface area contributed by atoms with Gasteiger partial charge < -0.3 is 10.0 Å². The van der Waals surface area contributed by atoms with Crippen LogP contribution in [0, 0.1) is 5.92 Å². The van der Waals surface area contributed by atoms with E-state index in [1.54, 1.807) is 0 Å². The molecule has 2 heteroatoms. The molecule has 0 amide bonds. The summed E-state index contributed by atoms with van der Waals surface area (Å²) in [6.45, 7) is 2.26. The maximum atomic E-state index is 9.36. The van der Waals surface area contributed by atoms with Crippen LogP contribution in [0.3, 0.4) is 0 Å². The highest BCUT2D eigenvalue weighted by atomic mass is 16.3. The first-order chi connectivity index (χ1) is 8.29. The van der Waals surface area contributed by atoms with Crippen LogP contribution in [0.1, 0.15) is 17.5 Å². The second-order valence-corrected chi connectivity index (χ2v) is 4.87. The van der Waals surface area contributed by atoms with Gasteiger partial charge in [-0.15, -0.1) is 0 Å². The van der Waals surface area contributed by atoms with Crippen LogP contribution in [0.2, 0.25) is 0 Å². The molecule has 0 saturated carbocycles. The second kappa shape index (κ2) is 5.99. The molecular formula is C15H21NO. The smallest absolute Gasteiger partial charge is 0.0506 e. The van der Waals surface area contributed by atoms with Gasteiger partial charge in [-0.1, -0.05) is 36.4 Å². The van der Waals surface area contributed by atoms with Gasteiger partial charge in [-0.05, 0) is 37.6 Å². The van der Waals surface area contributed by atoms with E-state index in [1.165, 1.54) is 17.5 Å². The summed E-state index contributed by atoms with van der Waals surface area (Å²) >= 11 is 0. The van der Waals surface area contributed by atoms with Crippen LogP contribution in [0.15, 0.2) is 30.3 Å². The molecule has 0 saturated heterocycles. The lowest BCUT2D eigenvalue weighted by Gasteiger charge is -2.22. The van der Waals surface area contributed by atoms with Crippen LogP contribution in [-0.4, -0.2) is 36.8 Å². The van der Waals surface area contributed by atoms with Gasteiger partial charge in [0.1, 0.15) is 0 Å². The Hall–Kier alpha value is -1.12. The molecule has 1 unspecified atom stereocenters. The first-order valence-electron chi connectivity index (χ1n) is 6.35. The number of rotatable bonds is 1. The Kier molecular flexibility index (Phi) is 4.35. The summed E-state index contributed by atoms with van der Waals surface area (Å²) in [7, 11) is 2.13. The van der Waals surface area contributed by atoms with Crippen LogP contribution in [0.4, 0.5) is 0 Å². The lowest BCUT2D eigenvalue weighted by atomic mass is 9.99. The van der Waals surface area contributed by atoms with Crippen molar-refractivity contribution in [3.8, 4) is 0 Å². The van der Waals surface area contributed by atoms with Gasteiger partial charge in [0.15, 0.2) is 0 Å². The van der Waals surface area contributed by atoms with Gasteiger partial charge >= 0.3 is 0 Å². The Morgan fingerprint density at radius 2 is 2.18 bits per heavy atom. The lowest BCUT2D eigenvalue weighted by Crippen LogP contribution is -2.28. The fourth-order valence-electron chi connectivity index (χ4n) is 2.37. The minimum absolute atomic E-state index is 0.225. The van der Waals surface area contributed by atoms with Crippen LogP contribution < -0.4 is 0 Å². The Morgan fingerprint density at radius 3 is 3.00 bits per heavy atom. The first kappa shape index (κ1) is 12.3. The minimum Gasteiger partial charge on any atom is -0.396 e. The van der Waals surface area contributed by atoms with Gasteiger partial charge in [0.2, 0.25) is 0 Å². The zero-order valence-corrected chi connectivity index (χ0v) is 10.5. The first-order valence-corrected chi connectivity index (χ1v) is 6.35. The van der Waals surface area contributed by atoms with E-state index in [1.807, 2.05) is 0 Å². The standard InChI is InChI=1S/C15H21NO/c1-16-10-4-7-14-5-2-3-6-15(14)9-8-13(11-16)12-17/h2-3,5-6,8-9,13,17H,4,7,10-12H2,1H3/b9-8+. The molecule has 0 fully saturated rings. The van der Waals surface area contributed by atoms with Crippen LogP contribution in [0.25, 0.3) is 6.08 Å².